The Morgan fingerprint density at radius 2 is 1.74 bits per heavy atom. The van der Waals surface area contributed by atoms with Gasteiger partial charge in [0.25, 0.3) is 0 Å². The predicted octanol–water partition coefficient (Wildman–Crippen LogP) is 0.436. The minimum absolute atomic E-state index is 0.0799. The molecule has 0 unspecified atom stereocenters. The van der Waals surface area contributed by atoms with Crippen molar-refractivity contribution in [3.63, 3.8) is 0 Å². The van der Waals surface area contributed by atoms with E-state index in [2.05, 4.69) is 15.3 Å². The third-order valence-corrected chi connectivity index (χ3v) is 3.95. The van der Waals surface area contributed by atoms with Crippen LogP contribution in [0.5, 0.6) is 0 Å². The van der Waals surface area contributed by atoms with Crippen LogP contribution in [0.25, 0.3) is 11.3 Å². The minimum Gasteiger partial charge on any atom is -0.478 e. The standard InChI is InChI=1S/C19H27FN6O5/c20-1-3-29-5-7-31-8-6-30-4-2-26-13-17(24-25-26)15-9-14(12-23-19(21)22)10-16(11-15)18(27)28/h9-11,13H,1-8,12H2,(H,27,28)(H4,21,22,23)/i20-1. The fraction of sp³-hybridized carbons (Fsp3) is 0.474. The van der Waals surface area contributed by atoms with Crippen LogP contribution in [0.2, 0.25) is 0 Å². The van der Waals surface area contributed by atoms with Gasteiger partial charge in [-0.2, -0.15) is 0 Å². The largest absolute Gasteiger partial charge is 0.478 e. The van der Waals surface area contributed by atoms with Crippen LogP contribution in [0, 0.1) is 0 Å². The highest BCUT2D eigenvalue weighted by molar-refractivity contribution is 5.89. The Labute approximate surface area is 178 Å². The number of hydrogen-bond donors (Lipinski definition) is 3. The maximum absolute atomic E-state index is 11.8. The molecule has 0 aliphatic rings. The molecule has 0 saturated carbocycles. The van der Waals surface area contributed by atoms with Gasteiger partial charge < -0.3 is 30.8 Å². The Morgan fingerprint density at radius 1 is 1.06 bits per heavy atom. The molecule has 0 bridgehead atoms. The van der Waals surface area contributed by atoms with E-state index in [0.29, 0.717) is 56.4 Å². The van der Waals surface area contributed by atoms with Crippen molar-refractivity contribution in [2.75, 3.05) is 46.3 Å². The van der Waals surface area contributed by atoms with E-state index < -0.39 is 12.6 Å². The number of halogens is 1. The van der Waals surface area contributed by atoms with Crippen molar-refractivity contribution in [1.82, 2.24) is 15.0 Å². The van der Waals surface area contributed by atoms with Crippen LogP contribution < -0.4 is 11.5 Å². The summed E-state index contributed by atoms with van der Waals surface area (Å²) in [5.74, 6) is -1.14. The maximum atomic E-state index is 11.8. The average Bonchev–Trinajstić information content (AvgIpc) is 3.22. The molecule has 0 aliphatic heterocycles. The van der Waals surface area contributed by atoms with Crippen LogP contribution in [0.15, 0.2) is 29.4 Å². The second kappa shape index (κ2) is 13.3. The Bertz CT molecular complexity index is 856. The molecule has 0 aliphatic carbocycles. The lowest BCUT2D eigenvalue weighted by Gasteiger charge is -2.06. The molecule has 2 rings (SSSR count). The molecule has 1 heterocycles. The summed E-state index contributed by atoms with van der Waals surface area (Å²) in [6.45, 7) is 2.14. The van der Waals surface area contributed by atoms with Crippen molar-refractivity contribution in [3.05, 3.63) is 35.5 Å². The Balaban J connectivity index is 1.83. The molecule has 0 amide bonds. The molecule has 0 fully saturated rings. The molecule has 0 atom stereocenters. The fourth-order valence-electron chi connectivity index (χ4n) is 2.53. The number of hydrogen-bond acceptors (Lipinski definition) is 7. The summed E-state index contributed by atoms with van der Waals surface area (Å²) in [7, 11) is 0. The van der Waals surface area contributed by atoms with Crippen LogP contribution in [0.3, 0.4) is 0 Å². The molecule has 1 aromatic carbocycles. The lowest BCUT2D eigenvalue weighted by Crippen LogP contribution is -2.22. The van der Waals surface area contributed by atoms with Gasteiger partial charge in [0.05, 0.1) is 64.5 Å². The van der Waals surface area contributed by atoms with Crippen molar-refractivity contribution in [2.45, 2.75) is 13.1 Å². The van der Waals surface area contributed by atoms with E-state index in [4.69, 9.17) is 25.7 Å². The number of aromatic nitrogens is 3. The monoisotopic (exact) mass is 437 g/mol. The smallest absolute Gasteiger partial charge is 0.335 e. The van der Waals surface area contributed by atoms with Gasteiger partial charge in [0.1, 0.15) is 12.4 Å². The topological polar surface area (TPSA) is 160 Å². The van der Waals surface area contributed by atoms with Crippen molar-refractivity contribution in [3.8, 4) is 11.3 Å². The second-order valence-corrected chi connectivity index (χ2v) is 6.36. The molecule has 11 nitrogen and oxygen atoms in total. The van der Waals surface area contributed by atoms with E-state index in [1.54, 1.807) is 16.9 Å². The summed E-state index contributed by atoms with van der Waals surface area (Å²) in [5.41, 5.74) is 12.5. The van der Waals surface area contributed by atoms with Crippen LogP contribution in [0.4, 0.5) is 4.39 Å². The van der Waals surface area contributed by atoms with E-state index in [-0.39, 0.29) is 24.7 Å². The third kappa shape index (κ3) is 9.07. The first kappa shape index (κ1) is 24.2. The van der Waals surface area contributed by atoms with Gasteiger partial charge >= 0.3 is 5.97 Å². The van der Waals surface area contributed by atoms with Crippen LogP contribution in [-0.2, 0) is 27.3 Å². The van der Waals surface area contributed by atoms with E-state index in [1.807, 2.05) is 0 Å². The molecule has 1 aromatic heterocycles. The Hall–Kier alpha value is -3.09. The first-order valence-corrected chi connectivity index (χ1v) is 9.62. The second-order valence-electron chi connectivity index (χ2n) is 6.36. The number of aromatic carboxylic acids is 1. The van der Waals surface area contributed by atoms with Crippen LogP contribution in [-0.4, -0.2) is 78.3 Å². The molecule has 31 heavy (non-hydrogen) atoms. The van der Waals surface area contributed by atoms with E-state index in [0.717, 1.165) is 0 Å². The lowest BCUT2D eigenvalue weighted by molar-refractivity contribution is 0.0106. The number of benzene rings is 1. The quantitative estimate of drug-likeness (QED) is 0.204. The predicted molar refractivity (Wildman–Crippen MR) is 110 cm³/mol. The number of nitrogens with zero attached hydrogens (tertiary/aromatic N) is 4. The normalized spacial score (nSPS) is 10.9. The molecule has 170 valence electrons. The highest BCUT2D eigenvalue weighted by atomic mass is 18.2. The molecule has 5 N–H and O–H groups in total. The Morgan fingerprint density at radius 3 is 2.39 bits per heavy atom. The summed E-state index contributed by atoms with van der Waals surface area (Å²) in [6.07, 6.45) is 1.70. The highest BCUT2D eigenvalue weighted by Gasteiger charge is 2.11. The number of carbonyl (C=O) groups is 1. The first-order chi connectivity index (χ1) is 15.0. The molecule has 0 radical (unpaired) electrons. The zero-order valence-corrected chi connectivity index (χ0v) is 17.1. The van der Waals surface area contributed by atoms with Gasteiger partial charge in [-0.25, -0.2) is 18.9 Å². The van der Waals surface area contributed by atoms with Gasteiger partial charge in [-0.3, -0.25) is 0 Å². The number of nitrogens with two attached hydrogens (primary N) is 2. The zero-order chi connectivity index (χ0) is 22.5. The number of ether oxygens (including phenoxy) is 3. The first-order valence-electron chi connectivity index (χ1n) is 9.62. The zero-order valence-electron chi connectivity index (χ0n) is 17.1. The molecular formula is C19H27FN6O5. The van der Waals surface area contributed by atoms with Crippen molar-refractivity contribution < 1.29 is 28.5 Å². The highest BCUT2D eigenvalue weighted by Crippen LogP contribution is 2.21. The average molecular weight is 437 g/mol. The SMILES string of the molecule is NC(N)=NCc1cc(C(=O)O)cc(-c2cn(CCOCCOCCOCC[18F])nn2)c1. The fourth-order valence-corrected chi connectivity index (χ4v) is 2.53. The van der Waals surface area contributed by atoms with Gasteiger partial charge in [0.15, 0.2) is 5.96 Å². The number of carboxylic acid groups (broad SMARTS) is 1. The van der Waals surface area contributed by atoms with Crippen molar-refractivity contribution >= 4 is 11.9 Å². The summed E-state index contributed by atoms with van der Waals surface area (Å²) in [6, 6.07) is 4.78. The van der Waals surface area contributed by atoms with E-state index >= 15 is 0 Å². The number of guanidine groups is 1. The van der Waals surface area contributed by atoms with Gasteiger partial charge in [-0.1, -0.05) is 5.21 Å². The summed E-state index contributed by atoms with van der Waals surface area (Å²) >= 11 is 0. The van der Waals surface area contributed by atoms with Crippen molar-refractivity contribution in [1.29, 1.82) is 0 Å². The maximum Gasteiger partial charge on any atom is 0.335 e. The van der Waals surface area contributed by atoms with Crippen molar-refractivity contribution in [2.24, 2.45) is 16.5 Å². The molecule has 2 aromatic rings. The summed E-state index contributed by atoms with van der Waals surface area (Å²) in [4.78, 5) is 15.3. The third-order valence-electron chi connectivity index (χ3n) is 3.95. The molecule has 0 spiro atoms. The number of alkyl halides is 1. The van der Waals surface area contributed by atoms with E-state index in [9.17, 15) is 14.3 Å². The number of rotatable bonds is 15. The molecule has 12 heteroatoms. The van der Waals surface area contributed by atoms with Gasteiger partial charge in [0.2, 0.25) is 0 Å². The van der Waals surface area contributed by atoms with Crippen LogP contribution in [0.1, 0.15) is 15.9 Å². The summed E-state index contributed by atoms with van der Waals surface area (Å²) < 4.78 is 29.2. The number of aliphatic imine (C=N–C) groups is 1. The van der Waals surface area contributed by atoms with E-state index in [1.165, 1.54) is 12.1 Å². The lowest BCUT2D eigenvalue weighted by atomic mass is 10.0. The molecule has 0 saturated heterocycles. The molecular weight excluding hydrogens is 410 g/mol. The number of carboxylic acids is 1. The van der Waals surface area contributed by atoms with Gasteiger partial charge in [0, 0.05) is 5.56 Å². The minimum atomic E-state index is -1.07. The summed E-state index contributed by atoms with van der Waals surface area (Å²) in [5, 5.41) is 17.5. The van der Waals surface area contributed by atoms with Gasteiger partial charge in [-0.05, 0) is 23.8 Å². The Kier molecular flexibility index (Phi) is 10.3. The van der Waals surface area contributed by atoms with Crippen LogP contribution >= 0.6 is 0 Å². The van der Waals surface area contributed by atoms with Gasteiger partial charge in [-0.15, -0.1) is 5.10 Å².